The van der Waals surface area contributed by atoms with Crippen LogP contribution in [0.25, 0.3) is 0 Å². The van der Waals surface area contributed by atoms with Crippen LogP contribution < -0.4 is 5.32 Å². The normalized spacial score (nSPS) is 31.7. The average Bonchev–Trinajstić information content (AvgIpc) is 1.98. The van der Waals surface area contributed by atoms with Crippen molar-refractivity contribution in [3.63, 3.8) is 0 Å². The van der Waals surface area contributed by atoms with Crippen LogP contribution in [0.1, 0.15) is 26.2 Å². The fraction of sp³-hybridized carbons (Fsp3) is 0.714. The Bertz CT molecular complexity index is 205. The lowest BCUT2D eigenvalue weighted by atomic mass is 9.62. The fourth-order valence-electron chi connectivity index (χ4n) is 1.18. The van der Waals surface area contributed by atoms with E-state index in [-0.39, 0.29) is 17.1 Å². The van der Waals surface area contributed by atoms with Gasteiger partial charge >= 0.3 is 0 Å². The van der Waals surface area contributed by atoms with Crippen LogP contribution in [0, 0.1) is 0 Å². The highest BCUT2D eigenvalue weighted by Crippen LogP contribution is 2.34. The standard InChI is InChI=1S/C7H12BNO2/c1-2-7(8)4-3-5(10)9-6(7)11/h2-4,8H2,1H3,(H,9,10,11). The average molecular weight is 153 g/mol. The van der Waals surface area contributed by atoms with Crippen molar-refractivity contribution in [1.29, 1.82) is 0 Å². The number of nitrogens with one attached hydrogen (secondary N) is 1. The van der Waals surface area contributed by atoms with Crippen molar-refractivity contribution < 1.29 is 9.59 Å². The topological polar surface area (TPSA) is 46.2 Å². The maximum Gasteiger partial charge on any atom is 0.226 e. The van der Waals surface area contributed by atoms with Crippen LogP contribution in [0.4, 0.5) is 0 Å². The molecule has 1 atom stereocenters. The number of carbonyl (C=O) groups is 2. The summed E-state index contributed by atoms with van der Waals surface area (Å²) in [5.41, 5.74) is 0. The summed E-state index contributed by atoms with van der Waals surface area (Å²) in [6, 6.07) is 0. The van der Waals surface area contributed by atoms with E-state index in [0.29, 0.717) is 12.8 Å². The number of hydrogen-bond donors (Lipinski definition) is 1. The molecule has 1 unspecified atom stereocenters. The van der Waals surface area contributed by atoms with Crippen molar-refractivity contribution in [3.8, 4) is 0 Å². The highest BCUT2D eigenvalue weighted by molar-refractivity contribution is 6.30. The zero-order valence-electron chi connectivity index (χ0n) is 6.94. The molecule has 0 aromatic carbocycles. The summed E-state index contributed by atoms with van der Waals surface area (Å²) in [6.45, 7) is 1.97. The summed E-state index contributed by atoms with van der Waals surface area (Å²) in [7, 11) is 1.90. The predicted octanol–water partition coefficient (Wildman–Crippen LogP) is -0.375. The Balaban J connectivity index is 2.71. The molecule has 0 radical (unpaired) electrons. The molecular weight excluding hydrogens is 141 g/mol. The van der Waals surface area contributed by atoms with E-state index in [1.807, 2.05) is 14.8 Å². The van der Waals surface area contributed by atoms with Crippen molar-refractivity contribution >= 4 is 19.7 Å². The summed E-state index contributed by atoms with van der Waals surface area (Å²) in [5.74, 6) is -0.253. The first-order chi connectivity index (χ1) is 5.08. The summed E-state index contributed by atoms with van der Waals surface area (Å²) < 4.78 is 0. The second-order valence-corrected chi connectivity index (χ2v) is 3.29. The molecule has 0 aromatic heterocycles. The molecule has 1 N–H and O–H groups in total. The van der Waals surface area contributed by atoms with Crippen molar-refractivity contribution in [1.82, 2.24) is 5.32 Å². The van der Waals surface area contributed by atoms with Gasteiger partial charge in [-0.15, -0.1) is 0 Å². The van der Waals surface area contributed by atoms with E-state index in [1.54, 1.807) is 0 Å². The van der Waals surface area contributed by atoms with Gasteiger partial charge in [0.2, 0.25) is 11.8 Å². The molecule has 1 rings (SSSR count). The molecular formula is C7H12BNO2. The lowest BCUT2D eigenvalue weighted by Gasteiger charge is -2.30. The minimum absolute atomic E-state index is 0.115. The van der Waals surface area contributed by atoms with Crippen LogP contribution in [-0.4, -0.2) is 19.7 Å². The van der Waals surface area contributed by atoms with Crippen molar-refractivity contribution in [3.05, 3.63) is 0 Å². The Morgan fingerprint density at radius 2 is 2.27 bits per heavy atom. The molecule has 4 heteroatoms. The lowest BCUT2D eigenvalue weighted by molar-refractivity contribution is -0.135. The number of piperidine rings is 1. The van der Waals surface area contributed by atoms with Gasteiger partial charge in [0.1, 0.15) is 7.85 Å². The highest BCUT2D eigenvalue weighted by Gasteiger charge is 2.36. The van der Waals surface area contributed by atoms with Gasteiger partial charge in [0.05, 0.1) is 0 Å². The van der Waals surface area contributed by atoms with Gasteiger partial charge < -0.3 is 0 Å². The number of hydrogen-bond acceptors (Lipinski definition) is 2. The van der Waals surface area contributed by atoms with E-state index in [9.17, 15) is 9.59 Å². The van der Waals surface area contributed by atoms with Crippen molar-refractivity contribution in [2.24, 2.45) is 0 Å². The van der Waals surface area contributed by atoms with Crippen LogP contribution in [0.3, 0.4) is 0 Å². The number of rotatable bonds is 1. The monoisotopic (exact) mass is 153 g/mol. The number of imide groups is 1. The minimum Gasteiger partial charge on any atom is -0.297 e. The zero-order chi connectivity index (χ0) is 8.48. The Hall–Kier alpha value is -0.795. The van der Waals surface area contributed by atoms with Gasteiger partial charge in [-0.2, -0.15) is 0 Å². The van der Waals surface area contributed by atoms with Crippen LogP contribution in [0.5, 0.6) is 0 Å². The maximum absolute atomic E-state index is 11.2. The van der Waals surface area contributed by atoms with Gasteiger partial charge in [-0.25, -0.2) is 0 Å². The molecule has 0 aliphatic carbocycles. The lowest BCUT2D eigenvalue weighted by Crippen LogP contribution is -2.44. The zero-order valence-corrected chi connectivity index (χ0v) is 6.94. The third-order valence-electron chi connectivity index (χ3n) is 2.49. The van der Waals surface area contributed by atoms with Crippen LogP contribution in [0.15, 0.2) is 0 Å². The van der Waals surface area contributed by atoms with Crippen LogP contribution in [0.2, 0.25) is 5.31 Å². The molecule has 1 fully saturated rings. The Morgan fingerprint density at radius 1 is 1.64 bits per heavy atom. The molecule has 60 valence electrons. The number of carbonyl (C=O) groups excluding carboxylic acids is 2. The smallest absolute Gasteiger partial charge is 0.226 e. The quantitative estimate of drug-likeness (QED) is 0.412. The van der Waals surface area contributed by atoms with Crippen molar-refractivity contribution in [2.75, 3.05) is 0 Å². The van der Waals surface area contributed by atoms with E-state index in [0.717, 1.165) is 6.42 Å². The van der Waals surface area contributed by atoms with E-state index in [2.05, 4.69) is 5.32 Å². The molecule has 0 aromatic rings. The molecule has 3 nitrogen and oxygen atoms in total. The first-order valence-electron chi connectivity index (χ1n) is 3.93. The molecule has 1 saturated heterocycles. The Morgan fingerprint density at radius 3 is 2.73 bits per heavy atom. The third-order valence-corrected chi connectivity index (χ3v) is 2.49. The highest BCUT2D eigenvalue weighted by atomic mass is 16.2. The summed E-state index contributed by atoms with van der Waals surface area (Å²) in [6.07, 6.45) is 1.97. The van der Waals surface area contributed by atoms with Gasteiger partial charge in [0, 0.05) is 11.7 Å². The van der Waals surface area contributed by atoms with Crippen LogP contribution >= 0.6 is 0 Å². The van der Waals surface area contributed by atoms with E-state index in [1.165, 1.54) is 0 Å². The van der Waals surface area contributed by atoms with Crippen molar-refractivity contribution in [2.45, 2.75) is 31.5 Å². The summed E-state index contributed by atoms with van der Waals surface area (Å²) in [5, 5.41) is 2.03. The Kier molecular flexibility index (Phi) is 2.02. The van der Waals surface area contributed by atoms with Gasteiger partial charge in [-0.3, -0.25) is 14.9 Å². The van der Waals surface area contributed by atoms with Gasteiger partial charge in [0.15, 0.2) is 0 Å². The Labute approximate surface area is 66.9 Å². The summed E-state index contributed by atoms with van der Waals surface area (Å²) >= 11 is 0. The first kappa shape index (κ1) is 8.30. The molecule has 1 heterocycles. The van der Waals surface area contributed by atoms with E-state index in [4.69, 9.17) is 0 Å². The molecule has 11 heavy (non-hydrogen) atoms. The maximum atomic E-state index is 11.2. The largest absolute Gasteiger partial charge is 0.297 e. The van der Waals surface area contributed by atoms with Gasteiger partial charge in [-0.05, 0) is 12.8 Å². The molecule has 1 aliphatic rings. The molecule has 0 saturated carbocycles. The second kappa shape index (κ2) is 2.68. The molecule has 0 bridgehead atoms. The second-order valence-electron chi connectivity index (χ2n) is 3.29. The van der Waals surface area contributed by atoms with Gasteiger partial charge in [0.25, 0.3) is 0 Å². The molecule has 0 spiro atoms. The SMILES string of the molecule is BC1(CC)CCC(=O)NC1=O. The van der Waals surface area contributed by atoms with Crippen LogP contribution in [-0.2, 0) is 9.59 Å². The fourth-order valence-corrected chi connectivity index (χ4v) is 1.18. The molecule has 2 amide bonds. The third kappa shape index (κ3) is 1.44. The van der Waals surface area contributed by atoms with Gasteiger partial charge in [-0.1, -0.05) is 6.92 Å². The predicted molar refractivity (Wildman–Crippen MR) is 43.9 cm³/mol. The minimum atomic E-state index is -0.312. The summed E-state index contributed by atoms with van der Waals surface area (Å²) in [4.78, 5) is 22.0. The molecule has 1 aliphatic heterocycles. The van der Waals surface area contributed by atoms with E-state index < -0.39 is 0 Å². The van der Waals surface area contributed by atoms with E-state index >= 15 is 0 Å². The first-order valence-corrected chi connectivity index (χ1v) is 3.93. The number of amides is 2.